The molecule has 0 saturated carbocycles. The zero-order valence-electron chi connectivity index (χ0n) is 18.7. The topological polar surface area (TPSA) is 97.7 Å². The first-order chi connectivity index (χ1) is 15.0. The van der Waals surface area contributed by atoms with Crippen LogP contribution in [-0.2, 0) is 14.8 Å². The molecule has 1 atom stereocenters. The third kappa shape index (κ3) is 4.97. The van der Waals surface area contributed by atoms with Crippen molar-refractivity contribution in [2.75, 3.05) is 22.5 Å². The molecule has 32 heavy (non-hydrogen) atoms. The Labute approximate surface area is 191 Å². The van der Waals surface area contributed by atoms with E-state index in [0.29, 0.717) is 23.7 Å². The van der Waals surface area contributed by atoms with E-state index in [9.17, 15) is 18.0 Å². The maximum atomic E-state index is 13.0. The number of anilines is 2. The van der Waals surface area contributed by atoms with E-state index in [1.165, 1.54) is 6.92 Å². The van der Waals surface area contributed by atoms with Gasteiger partial charge in [0.2, 0.25) is 15.9 Å². The molecule has 3 rings (SSSR count). The van der Waals surface area contributed by atoms with Crippen LogP contribution >= 0.6 is 11.3 Å². The summed E-state index contributed by atoms with van der Waals surface area (Å²) in [5, 5.41) is 2.77. The fraction of sp³-hybridized carbons (Fsp3) is 0.364. The first kappa shape index (κ1) is 23.8. The minimum Gasteiger partial charge on any atom is -0.494 e. The van der Waals surface area contributed by atoms with E-state index in [2.05, 4.69) is 5.32 Å². The third-order valence-electron chi connectivity index (χ3n) is 4.89. The summed E-state index contributed by atoms with van der Waals surface area (Å²) in [7, 11) is -3.74. The molecule has 3 aromatic rings. The van der Waals surface area contributed by atoms with Crippen LogP contribution in [0.15, 0.2) is 47.3 Å². The Morgan fingerprint density at radius 2 is 1.81 bits per heavy atom. The van der Waals surface area contributed by atoms with Crippen LogP contribution in [-0.4, -0.2) is 37.8 Å². The summed E-state index contributed by atoms with van der Waals surface area (Å²) >= 11 is 1.11. The fourth-order valence-electron chi connectivity index (χ4n) is 3.51. The highest BCUT2D eigenvalue weighted by Crippen LogP contribution is 2.26. The van der Waals surface area contributed by atoms with Gasteiger partial charge in [0.15, 0.2) is 0 Å². The summed E-state index contributed by atoms with van der Waals surface area (Å²) in [6.07, 6.45) is 1.06. The lowest BCUT2D eigenvalue weighted by molar-refractivity contribution is -0.116. The van der Waals surface area contributed by atoms with Crippen molar-refractivity contribution in [1.82, 2.24) is 4.57 Å². The number of nitrogens with one attached hydrogen (secondary N) is 1. The minimum atomic E-state index is -3.74. The van der Waals surface area contributed by atoms with E-state index in [1.807, 2.05) is 20.8 Å². The maximum absolute atomic E-state index is 13.0. The molecule has 1 N–H and O–H groups in total. The number of hydrogen-bond donors (Lipinski definition) is 1. The predicted octanol–water partition coefficient (Wildman–Crippen LogP) is 3.84. The van der Waals surface area contributed by atoms with Gasteiger partial charge in [-0.25, -0.2) is 8.42 Å². The molecule has 1 amide bonds. The standard InChI is InChI=1S/C22H27N3O5S2/c1-6-30-18-10-8-17(9-11-18)25(32(5,28)29)15(4)21(26)23-16-7-12-19-20(13-16)31-22(27)24(19)14(2)3/h7-15H,6H2,1-5H3,(H,23,26). The zero-order chi connectivity index (χ0) is 23.6. The van der Waals surface area contributed by atoms with Gasteiger partial charge >= 0.3 is 4.87 Å². The molecule has 0 bridgehead atoms. The second kappa shape index (κ2) is 9.33. The molecule has 10 heteroatoms. The number of benzene rings is 2. The van der Waals surface area contributed by atoms with Crippen molar-refractivity contribution in [3.05, 3.63) is 52.1 Å². The Kier molecular flexibility index (Phi) is 6.94. The van der Waals surface area contributed by atoms with Crippen molar-refractivity contribution in [3.63, 3.8) is 0 Å². The molecule has 8 nitrogen and oxygen atoms in total. The Morgan fingerprint density at radius 3 is 2.38 bits per heavy atom. The number of carbonyl (C=O) groups is 1. The molecule has 0 spiro atoms. The maximum Gasteiger partial charge on any atom is 0.308 e. The second-order valence-electron chi connectivity index (χ2n) is 7.67. The highest BCUT2D eigenvalue weighted by atomic mass is 32.2. The summed E-state index contributed by atoms with van der Waals surface area (Å²) < 4.78 is 33.9. The Bertz CT molecular complexity index is 1280. The number of ether oxygens (including phenoxy) is 1. The van der Waals surface area contributed by atoms with Crippen molar-refractivity contribution >= 4 is 48.9 Å². The first-order valence-electron chi connectivity index (χ1n) is 10.2. The third-order valence-corrected chi connectivity index (χ3v) is 7.05. The zero-order valence-corrected chi connectivity index (χ0v) is 20.3. The van der Waals surface area contributed by atoms with Gasteiger partial charge in [-0.15, -0.1) is 0 Å². The van der Waals surface area contributed by atoms with Crippen molar-refractivity contribution in [2.45, 2.75) is 39.8 Å². The number of amides is 1. The van der Waals surface area contributed by atoms with Gasteiger partial charge in [0, 0.05) is 11.7 Å². The molecule has 0 aliphatic heterocycles. The van der Waals surface area contributed by atoms with Crippen LogP contribution in [0.5, 0.6) is 5.75 Å². The molecule has 0 saturated heterocycles. The number of rotatable bonds is 8. The first-order valence-corrected chi connectivity index (χ1v) is 12.9. The summed E-state index contributed by atoms with van der Waals surface area (Å²) in [6.45, 7) is 7.75. The van der Waals surface area contributed by atoms with E-state index in [4.69, 9.17) is 4.74 Å². The number of sulfonamides is 1. The van der Waals surface area contributed by atoms with Gasteiger partial charge < -0.3 is 10.1 Å². The van der Waals surface area contributed by atoms with E-state index in [-0.39, 0.29) is 10.9 Å². The molecular weight excluding hydrogens is 450 g/mol. The normalized spacial score (nSPS) is 12.7. The van der Waals surface area contributed by atoms with Crippen LogP contribution in [0.2, 0.25) is 0 Å². The highest BCUT2D eigenvalue weighted by molar-refractivity contribution is 7.92. The number of nitrogens with zero attached hydrogens (tertiary/aromatic N) is 2. The molecule has 1 aromatic heterocycles. The average Bonchev–Trinajstić information content (AvgIpc) is 3.03. The van der Waals surface area contributed by atoms with Gasteiger partial charge in [-0.3, -0.25) is 18.5 Å². The lowest BCUT2D eigenvalue weighted by Crippen LogP contribution is -2.45. The van der Waals surface area contributed by atoms with Crippen molar-refractivity contribution in [2.24, 2.45) is 0 Å². The number of hydrogen-bond acceptors (Lipinski definition) is 6. The smallest absolute Gasteiger partial charge is 0.308 e. The molecular formula is C22H27N3O5S2. The fourth-order valence-corrected chi connectivity index (χ4v) is 5.74. The molecule has 0 radical (unpaired) electrons. The SMILES string of the molecule is CCOc1ccc(N(C(C)C(=O)Nc2ccc3c(c2)sc(=O)n3C(C)C)S(C)(=O)=O)cc1. The molecule has 1 unspecified atom stereocenters. The molecule has 1 heterocycles. The predicted molar refractivity (Wildman–Crippen MR) is 129 cm³/mol. The van der Waals surface area contributed by atoms with E-state index in [1.54, 1.807) is 47.0 Å². The van der Waals surface area contributed by atoms with E-state index >= 15 is 0 Å². The van der Waals surface area contributed by atoms with Crippen molar-refractivity contribution < 1.29 is 17.9 Å². The molecule has 0 fully saturated rings. The van der Waals surface area contributed by atoms with Gasteiger partial charge in [0.25, 0.3) is 0 Å². The van der Waals surface area contributed by atoms with Crippen molar-refractivity contribution in [3.8, 4) is 5.75 Å². The molecule has 2 aromatic carbocycles. The van der Waals surface area contributed by atoms with Gasteiger partial charge in [0.1, 0.15) is 11.8 Å². The quantitative estimate of drug-likeness (QED) is 0.532. The Balaban J connectivity index is 1.87. The van der Waals surface area contributed by atoms with Gasteiger partial charge in [-0.1, -0.05) is 11.3 Å². The average molecular weight is 478 g/mol. The summed E-state index contributed by atoms with van der Waals surface area (Å²) in [6, 6.07) is 10.8. The molecule has 172 valence electrons. The second-order valence-corrected chi connectivity index (χ2v) is 10.5. The van der Waals surface area contributed by atoms with E-state index < -0.39 is 22.0 Å². The van der Waals surface area contributed by atoms with Crippen LogP contribution in [0, 0.1) is 0 Å². The van der Waals surface area contributed by atoms with Crippen molar-refractivity contribution in [1.29, 1.82) is 0 Å². The number of carbonyl (C=O) groups excluding carboxylic acids is 1. The summed E-state index contributed by atoms with van der Waals surface area (Å²) in [5.74, 6) is 0.127. The van der Waals surface area contributed by atoms with Gasteiger partial charge in [-0.2, -0.15) is 0 Å². The number of fused-ring (bicyclic) bond motifs is 1. The minimum absolute atomic E-state index is 0.0224. The Morgan fingerprint density at radius 1 is 1.16 bits per heavy atom. The van der Waals surface area contributed by atoms with Crippen LogP contribution in [0.25, 0.3) is 10.2 Å². The van der Waals surface area contributed by atoms with Crippen LogP contribution in [0.1, 0.15) is 33.7 Å². The molecule has 0 aliphatic carbocycles. The van der Waals surface area contributed by atoms with Crippen LogP contribution < -0.4 is 19.2 Å². The molecule has 0 aliphatic rings. The van der Waals surface area contributed by atoms with Crippen LogP contribution in [0.3, 0.4) is 0 Å². The largest absolute Gasteiger partial charge is 0.494 e. The number of thiazole rings is 1. The monoisotopic (exact) mass is 477 g/mol. The van der Waals surface area contributed by atoms with E-state index in [0.717, 1.165) is 32.1 Å². The van der Waals surface area contributed by atoms with Gasteiger partial charge in [0.05, 0.1) is 28.8 Å². The van der Waals surface area contributed by atoms with Crippen LogP contribution in [0.4, 0.5) is 11.4 Å². The Hall–Kier alpha value is -2.85. The number of aromatic nitrogens is 1. The highest BCUT2D eigenvalue weighted by Gasteiger charge is 2.29. The summed E-state index contributed by atoms with van der Waals surface area (Å²) in [5.41, 5.74) is 1.65. The lowest BCUT2D eigenvalue weighted by atomic mass is 10.2. The lowest BCUT2D eigenvalue weighted by Gasteiger charge is -2.28. The van der Waals surface area contributed by atoms with Gasteiger partial charge in [-0.05, 0) is 70.2 Å². The summed E-state index contributed by atoms with van der Waals surface area (Å²) in [4.78, 5) is 25.1.